The number of hydrogen-bond acceptors (Lipinski definition) is 3. The summed E-state index contributed by atoms with van der Waals surface area (Å²) in [7, 11) is 0. The van der Waals surface area contributed by atoms with Crippen LogP contribution >= 0.6 is 15.9 Å². The predicted molar refractivity (Wildman–Crippen MR) is 76.8 cm³/mol. The lowest BCUT2D eigenvalue weighted by molar-refractivity contribution is 0.318. The highest BCUT2D eigenvalue weighted by molar-refractivity contribution is 9.10. The average Bonchev–Trinajstić information content (AvgIpc) is 2.38. The van der Waals surface area contributed by atoms with Gasteiger partial charge in [-0.05, 0) is 47.5 Å². The maximum absolute atomic E-state index is 11.4. The number of aromatic amines is 1. The molecule has 0 saturated heterocycles. The van der Waals surface area contributed by atoms with E-state index in [-0.39, 0.29) is 5.56 Å². The van der Waals surface area contributed by atoms with Crippen molar-refractivity contribution >= 4 is 21.7 Å². The normalized spacial score (nSPS) is 23.9. The van der Waals surface area contributed by atoms with Crippen molar-refractivity contribution in [1.29, 1.82) is 0 Å². The molecule has 100 valence electrons. The van der Waals surface area contributed by atoms with Gasteiger partial charge in [-0.2, -0.15) is 0 Å². The zero-order chi connectivity index (χ0) is 13.0. The molecule has 1 fully saturated rings. The van der Waals surface area contributed by atoms with Crippen LogP contribution in [-0.4, -0.2) is 16.0 Å². The molecule has 0 aliphatic heterocycles. The van der Waals surface area contributed by atoms with Crippen LogP contribution in [0.1, 0.15) is 45.4 Å². The molecule has 1 aliphatic rings. The number of rotatable bonds is 4. The first-order valence-corrected chi connectivity index (χ1v) is 7.49. The van der Waals surface area contributed by atoms with E-state index in [1.807, 2.05) is 0 Å². The Hall–Kier alpha value is -0.840. The van der Waals surface area contributed by atoms with Gasteiger partial charge in [0.05, 0.1) is 6.33 Å². The van der Waals surface area contributed by atoms with E-state index in [0.717, 1.165) is 5.92 Å². The molecule has 1 aromatic heterocycles. The second kappa shape index (κ2) is 6.36. The number of nitrogens with zero attached hydrogens (tertiary/aromatic N) is 1. The Balaban J connectivity index is 1.92. The van der Waals surface area contributed by atoms with Gasteiger partial charge in [0, 0.05) is 6.04 Å². The van der Waals surface area contributed by atoms with Crippen molar-refractivity contribution < 1.29 is 0 Å². The van der Waals surface area contributed by atoms with Gasteiger partial charge in [0.25, 0.3) is 5.56 Å². The molecule has 1 aromatic rings. The zero-order valence-corrected chi connectivity index (χ0v) is 12.3. The zero-order valence-electron chi connectivity index (χ0n) is 10.7. The van der Waals surface area contributed by atoms with Crippen LogP contribution in [0.5, 0.6) is 0 Å². The third kappa shape index (κ3) is 3.34. The van der Waals surface area contributed by atoms with Crippen LogP contribution in [0.4, 0.5) is 5.82 Å². The van der Waals surface area contributed by atoms with Gasteiger partial charge in [-0.15, -0.1) is 0 Å². The third-order valence-electron chi connectivity index (χ3n) is 3.68. The molecule has 4 nitrogen and oxygen atoms in total. The van der Waals surface area contributed by atoms with Crippen LogP contribution in [-0.2, 0) is 0 Å². The van der Waals surface area contributed by atoms with Gasteiger partial charge in [-0.25, -0.2) is 4.98 Å². The highest BCUT2D eigenvalue weighted by Crippen LogP contribution is 2.29. The van der Waals surface area contributed by atoms with Crippen LogP contribution < -0.4 is 10.9 Å². The van der Waals surface area contributed by atoms with Gasteiger partial charge < -0.3 is 10.3 Å². The molecule has 18 heavy (non-hydrogen) atoms. The fraction of sp³-hybridized carbons (Fsp3) is 0.692. The van der Waals surface area contributed by atoms with Crippen LogP contribution in [0.3, 0.4) is 0 Å². The SMILES string of the molecule is CCCC1CCC(Nc2nc[nH]c(=O)c2Br)CC1. The van der Waals surface area contributed by atoms with E-state index in [9.17, 15) is 4.79 Å². The number of hydrogen-bond donors (Lipinski definition) is 2. The smallest absolute Gasteiger partial charge is 0.267 e. The Morgan fingerprint density at radius 1 is 1.44 bits per heavy atom. The lowest BCUT2D eigenvalue weighted by atomic mass is 9.83. The van der Waals surface area contributed by atoms with Crippen LogP contribution in [0, 0.1) is 5.92 Å². The van der Waals surface area contributed by atoms with Gasteiger partial charge in [-0.1, -0.05) is 19.8 Å². The molecule has 0 bridgehead atoms. The minimum atomic E-state index is -0.132. The number of aromatic nitrogens is 2. The summed E-state index contributed by atoms with van der Waals surface area (Å²) in [5, 5.41) is 3.37. The van der Waals surface area contributed by atoms with Crippen molar-refractivity contribution in [2.75, 3.05) is 5.32 Å². The van der Waals surface area contributed by atoms with Gasteiger partial charge in [0.15, 0.2) is 0 Å². The summed E-state index contributed by atoms with van der Waals surface area (Å²) in [5.74, 6) is 1.56. The standard InChI is InChI=1S/C13H20BrN3O/c1-2-3-9-4-6-10(7-5-9)17-12-11(14)13(18)16-8-15-12/h8-10H,2-7H2,1H3,(H2,15,16,17,18). The molecule has 1 heterocycles. The summed E-state index contributed by atoms with van der Waals surface area (Å²) in [6, 6.07) is 0.448. The van der Waals surface area contributed by atoms with Crippen LogP contribution in [0.2, 0.25) is 0 Å². The predicted octanol–water partition coefficient (Wildman–Crippen LogP) is 3.30. The molecule has 2 N–H and O–H groups in total. The van der Waals surface area contributed by atoms with Crippen molar-refractivity contribution in [3.05, 3.63) is 21.2 Å². The van der Waals surface area contributed by atoms with Gasteiger partial charge in [0.2, 0.25) is 0 Å². The minimum Gasteiger partial charge on any atom is -0.366 e. The number of anilines is 1. The Morgan fingerprint density at radius 3 is 2.83 bits per heavy atom. The first-order chi connectivity index (χ1) is 8.70. The first kappa shape index (κ1) is 13.6. The molecular weight excluding hydrogens is 294 g/mol. The van der Waals surface area contributed by atoms with E-state index in [2.05, 4.69) is 38.1 Å². The van der Waals surface area contributed by atoms with Gasteiger partial charge in [-0.3, -0.25) is 4.79 Å². The van der Waals surface area contributed by atoms with Gasteiger partial charge in [0.1, 0.15) is 10.3 Å². The van der Waals surface area contributed by atoms with Crippen molar-refractivity contribution in [1.82, 2.24) is 9.97 Å². The highest BCUT2D eigenvalue weighted by Gasteiger charge is 2.21. The Kier molecular flexibility index (Phi) is 4.80. The molecule has 1 saturated carbocycles. The second-order valence-electron chi connectivity index (χ2n) is 5.04. The van der Waals surface area contributed by atoms with Crippen LogP contribution in [0.15, 0.2) is 15.6 Å². The molecule has 2 rings (SSSR count). The van der Waals surface area contributed by atoms with Gasteiger partial charge >= 0.3 is 0 Å². The average molecular weight is 314 g/mol. The molecule has 0 unspecified atom stereocenters. The van der Waals surface area contributed by atoms with Crippen molar-refractivity contribution in [3.63, 3.8) is 0 Å². The summed E-state index contributed by atoms with van der Waals surface area (Å²) in [4.78, 5) is 18.2. The molecule has 0 aromatic carbocycles. The van der Waals surface area contributed by atoms with E-state index in [1.54, 1.807) is 0 Å². The van der Waals surface area contributed by atoms with E-state index in [1.165, 1.54) is 44.9 Å². The van der Waals surface area contributed by atoms with Crippen molar-refractivity contribution in [2.24, 2.45) is 5.92 Å². The van der Waals surface area contributed by atoms with E-state index < -0.39 is 0 Å². The quantitative estimate of drug-likeness (QED) is 0.896. The van der Waals surface area contributed by atoms with E-state index >= 15 is 0 Å². The number of nitrogens with one attached hydrogen (secondary N) is 2. The van der Waals surface area contributed by atoms with E-state index in [0.29, 0.717) is 16.3 Å². The third-order valence-corrected chi connectivity index (χ3v) is 4.42. The largest absolute Gasteiger partial charge is 0.366 e. The molecule has 1 aliphatic carbocycles. The summed E-state index contributed by atoms with van der Waals surface area (Å²) < 4.78 is 0.501. The summed E-state index contributed by atoms with van der Waals surface area (Å²) in [6.45, 7) is 2.25. The lowest BCUT2D eigenvalue weighted by Crippen LogP contribution is -2.27. The maximum Gasteiger partial charge on any atom is 0.267 e. The molecule has 0 radical (unpaired) electrons. The number of halogens is 1. The maximum atomic E-state index is 11.4. The fourth-order valence-corrected chi connectivity index (χ4v) is 3.01. The summed E-state index contributed by atoms with van der Waals surface area (Å²) in [6.07, 6.45) is 8.98. The Labute approximate surface area is 116 Å². The highest BCUT2D eigenvalue weighted by atomic mass is 79.9. The molecule has 0 amide bonds. The minimum absolute atomic E-state index is 0.132. The summed E-state index contributed by atoms with van der Waals surface area (Å²) in [5.41, 5.74) is -0.132. The first-order valence-electron chi connectivity index (χ1n) is 6.70. The lowest BCUT2D eigenvalue weighted by Gasteiger charge is -2.29. The van der Waals surface area contributed by atoms with Crippen LogP contribution in [0.25, 0.3) is 0 Å². The molecule has 0 atom stereocenters. The number of H-pyrrole nitrogens is 1. The van der Waals surface area contributed by atoms with E-state index in [4.69, 9.17) is 0 Å². The van der Waals surface area contributed by atoms with Crippen molar-refractivity contribution in [2.45, 2.75) is 51.5 Å². The van der Waals surface area contributed by atoms with Crippen molar-refractivity contribution in [3.8, 4) is 0 Å². The topological polar surface area (TPSA) is 57.8 Å². The fourth-order valence-electron chi connectivity index (χ4n) is 2.68. The Bertz CT molecular complexity index is 438. The Morgan fingerprint density at radius 2 is 2.17 bits per heavy atom. The second-order valence-corrected chi connectivity index (χ2v) is 5.84. The summed E-state index contributed by atoms with van der Waals surface area (Å²) >= 11 is 3.27. The molecule has 5 heteroatoms. The molecule has 0 spiro atoms. The monoisotopic (exact) mass is 313 g/mol. The molecular formula is C13H20BrN3O.